The molecule has 3 N–H and O–H groups in total. The zero-order valence-corrected chi connectivity index (χ0v) is 10.5. The molecule has 0 fully saturated rings. The molecule has 0 unspecified atom stereocenters. The molecular formula is C10H11N7S. The summed E-state index contributed by atoms with van der Waals surface area (Å²) < 4.78 is 0. The monoisotopic (exact) mass is 261 g/mol. The molecule has 3 rings (SSSR count). The fraction of sp³-hybridized carbons (Fsp3) is 0.200. The van der Waals surface area contributed by atoms with Crippen LogP contribution in [0.4, 0.5) is 11.8 Å². The van der Waals surface area contributed by atoms with E-state index in [-0.39, 0.29) is 0 Å². The molecule has 3 heterocycles. The first-order valence-corrected chi connectivity index (χ1v) is 6.25. The number of nitrogens with zero attached hydrogens (tertiary/aromatic N) is 4. The first kappa shape index (κ1) is 10.9. The molecule has 0 amide bonds. The van der Waals surface area contributed by atoms with Gasteiger partial charge in [-0.1, -0.05) is 0 Å². The highest BCUT2D eigenvalue weighted by molar-refractivity contribution is 7.09. The van der Waals surface area contributed by atoms with E-state index < -0.39 is 0 Å². The predicted octanol–water partition coefficient (Wildman–Crippen LogP) is 1.46. The van der Waals surface area contributed by atoms with Crippen molar-refractivity contribution in [3.05, 3.63) is 22.8 Å². The summed E-state index contributed by atoms with van der Waals surface area (Å²) in [5.41, 5.74) is 2.52. The van der Waals surface area contributed by atoms with E-state index in [1.807, 2.05) is 11.7 Å². The van der Waals surface area contributed by atoms with Crippen LogP contribution in [0, 0.1) is 0 Å². The molecule has 3 aromatic rings. The first-order valence-electron chi connectivity index (χ1n) is 5.37. The summed E-state index contributed by atoms with van der Waals surface area (Å²) in [5, 5.41) is 13.9. The maximum Gasteiger partial charge on any atom is 0.226 e. The largest absolute Gasteiger partial charge is 0.364 e. The number of fused-ring (bicyclic) bond motifs is 1. The quantitative estimate of drug-likeness (QED) is 0.658. The number of thiazole rings is 1. The Balaban J connectivity index is 1.92. The molecule has 8 heteroatoms. The van der Waals surface area contributed by atoms with Crippen molar-refractivity contribution in [2.75, 3.05) is 17.7 Å². The Labute approximate surface area is 107 Å². The van der Waals surface area contributed by atoms with Gasteiger partial charge in [0.15, 0.2) is 5.65 Å². The van der Waals surface area contributed by atoms with Crippen LogP contribution in [0.3, 0.4) is 0 Å². The smallest absolute Gasteiger partial charge is 0.226 e. The van der Waals surface area contributed by atoms with Crippen LogP contribution >= 0.6 is 11.3 Å². The highest BCUT2D eigenvalue weighted by atomic mass is 32.1. The Morgan fingerprint density at radius 1 is 1.33 bits per heavy atom. The second-order valence-corrected chi connectivity index (χ2v) is 4.57. The van der Waals surface area contributed by atoms with Gasteiger partial charge in [0.2, 0.25) is 5.95 Å². The van der Waals surface area contributed by atoms with Crippen LogP contribution in [-0.4, -0.2) is 32.2 Å². The summed E-state index contributed by atoms with van der Waals surface area (Å²) in [5.74, 6) is 1.31. The zero-order chi connectivity index (χ0) is 12.4. The van der Waals surface area contributed by atoms with Crippen molar-refractivity contribution in [2.45, 2.75) is 6.54 Å². The number of rotatable bonds is 4. The summed E-state index contributed by atoms with van der Waals surface area (Å²) in [4.78, 5) is 13.8. The van der Waals surface area contributed by atoms with Crippen LogP contribution in [0.25, 0.3) is 11.0 Å². The predicted molar refractivity (Wildman–Crippen MR) is 70.7 cm³/mol. The summed E-state index contributed by atoms with van der Waals surface area (Å²) in [6.45, 7) is 0.686. The molecule has 0 atom stereocenters. The molecule has 0 radical (unpaired) electrons. The van der Waals surface area contributed by atoms with Crippen LogP contribution in [0.1, 0.15) is 4.88 Å². The average Bonchev–Trinajstić information content (AvgIpc) is 3.06. The Bertz CT molecular complexity index is 645. The van der Waals surface area contributed by atoms with Crippen molar-refractivity contribution in [3.8, 4) is 0 Å². The summed E-state index contributed by atoms with van der Waals surface area (Å²) in [6, 6.07) is 0. The summed E-state index contributed by atoms with van der Waals surface area (Å²) in [6.07, 6.45) is 3.55. The number of aromatic nitrogens is 5. The van der Waals surface area contributed by atoms with E-state index in [1.54, 1.807) is 24.6 Å². The Kier molecular flexibility index (Phi) is 2.77. The first-order chi connectivity index (χ1) is 8.86. The minimum atomic E-state index is 0.554. The lowest BCUT2D eigenvalue weighted by Gasteiger charge is -2.06. The maximum atomic E-state index is 4.38. The van der Waals surface area contributed by atoms with Gasteiger partial charge in [-0.3, -0.25) is 10.1 Å². The van der Waals surface area contributed by atoms with Crippen LogP contribution in [0.2, 0.25) is 0 Å². The topological polar surface area (TPSA) is 91.4 Å². The SMILES string of the molecule is CNc1nc(NCc2cncs2)c2cn[nH]c2n1. The van der Waals surface area contributed by atoms with Crippen molar-refractivity contribution in [1.29, 1.82) is 0 Å². The van der Waals surface area contributed by atoms with Gasteiger partial charge in [0.25, 0.3) is 0 Å². The van der Waals surface area contributed by atoms with Gasteiger partial charge in [-0.25, -0.2) is 0 Å². The van der Waals surface area contributed by atoms with Gasteiger partial charge in [-0.2, -0.15) is 15.1 Å². The van der Waals surface area contributed by atoms with Gasteiger partial charge in [-0.15, -0.1) is 11.3 Å². The van der Waals surface area contributed by atoms with Crippen LogP contribution in [0.15, 0.2) is 17.9 Å². The van der Waals surface area contributed by atoms with Gasteiger partial charge in [0.1, 0.15) is 5.82 Å². The zero-order valence-electron chi connectivity index (χ0n) is 9.64. The lowest BCUT2D eigenvalue weighted by Crippen LogP contribution is -2.04. The molecule has 0 aromatic carbocycles. The van der Waals surface area contributed by atoms with Crippen molar-refractivity contribution < 1.29 is 0 Å². The fourth-order valence-corrected chi connectivity index (χ4v) is 2.12. The molecule has 0 bridgehead atoms. The second-order valence-electron chi connectivity index (χ2n) is 3.60. The van der Waals surface area contributed by atoms with E-state index in [1.165, 1.54) is 0 Å². The summed E-state index contributed by atoms with van der Waals surface area (Å²) >= 11 is 1.60. The number of hydrogen-bond donors (Lipinski definition) is 3. The number of anilines is 2. The van der Waals surface area contributed by atoms with Gasteiger partial charge < -0.3 is 10.6 Å². The number of hydrogen-bond acceptors (Lipinski definition) is 7. The number of H-pyrrole nitrogens is 1. The van der Waals surface area contributed by atoms with Gasteiger partial charge in [0, 0.05) is 18.1 Å². The molecule has 0 spiro atoms. The van der Waals surface area contributed by atoms with E-state index in [9.17, 15) is 0 Å². The van der Waals surface area contributed by atoms with Crippen molar-refractivity contribution >= 4 is 34.1 Å². The molecule has 18 heavy (non-hydrogen) atoms. The van der Waals surface area contributed by atoms with Crippen molar-refractivity contribution in [2.24, 2.45) is 0 Å². The molecule has 3 aromatic heterocycles. The van der Waals surface area contributed by atoms with E-state index in [4.69, 9.17) is 0 Å². The molecule has 0 aliphatic carbocycles. The standard InChI is InChI=1S/C10H11N7S/c1-11-10-15-8(7-4-14-17-9(7)16-10)13-3-6-2-12-5-18-6/h2,4-5H,3H2,1H3,(H3,11,13,14,15,16,17). The number of aromatic amines is 1. The Morgan fingerprint density at radius 2 is 2.28 bits per heavy atom. The third-order valence-electron chi connectivity index (χ3n) is 2.45. The maximum absolute atomic E-state index is 4.38. The highest BCUT2D eigenvalue weighted by Gasteiger charge is 2.08. The van der Waals surface area contributed by atoms with Crippen LogP contribution < -0.4 is 10.6 Å². The Hall–Kier alpha value is -2.22. The second kappa shape index (κ2) is 4.57. The van der Waals surface area contributed by atoms with Crippen molar-refractivity contribution in [1.82, 2.24) is 25.1 Å². The van der Waals surface area contributed by atoms with Crippen molar-refractivity contribution in [3.63, 3.8) is 0 Å². The van der Waals surface area contributed by atoms with Gasteiger partial charge in [-0.05, 0) is 0 Å². The van der Waals surface area contributed by atoms with Gasteiger partial charge in [0.05, 0.1) is 23.6 Å². The fourth-order valence-electron chi connectivity index (χ4n) is 1.58. The molecule has 0 aliphatic heterocycles. The van der Waals surface area contributed by atoms with Crippen LogP contribution in [-0.2, 0) is 6.54 Å². The van der Waals surface area contributed by atoms with E-state index >= 15 is 0 Å². The minimum Gasteiger partial charge on any atom is -0.364 e. The van der Waals surface area contributed by atoms with E-state index in [0.29, 0.717) is 18.1 Å². The average molecular weight is 261 g/mol. The molecule has 0 saturated carbocycles. The van der Waals surface area contributed by atoms with E-state index in [2.05, 4.69) is 35.8 Å². The lowest BCUT2D eigenvalue weighted by atomic mass is 10.4. The molecule has 0 saturated heterocycles. The third kappa shape index (κ3) is 1.97. The van der Waals surface area contributed by atoms with Gasteiger partial charge >= 0.3 is 0 Å². The Morgan fingerprint density at radius 3 is 3.06 bits per heavy atom. The molecular weight excluding hydrogens is 250 g/mol. The number of nitrogens with one attached hydrogen (secondary N) is 3. The third-order valence-corrected chi connectivity index (χ3v) is 3.23. The van der Waals surface area contributed by atoms with Crippen LogP contribution in [0.5, 0.6) is 0 Å². The highest BCUT2D eigenvalue weighted by Crippen LogP contribution is 2.20. The summed E-state index contributed by atoms with van der Waals surface area (Å²) in [7, 11) is 1.78. The molecule has 0 aliphatic rings. The molecule has 7 nitrogen and oxygen atoms in total. The normalized spacial score (nSPS) is 10.7. The molecule has 92 valence electrons. The minimum absolute atomic E-state index is 0.554. The lowest BCUT2D eigenvalue weighted by molar-refractivity contribution is 1.08. The van der Waals surface area contributed by atoms with E-state index in [0.717, 1.165) is 16.1 Å².